The summed E-state index contributed by atoms with van der Waals surface area (Å²) >= 11 is 6.02. The van der Waals surface area contributed by atoms with E-state index >= 15 is 0 Å². The Hall–Kier alpha value is -0.820. The Morgan fingerprint density at radius 2 is 2.00 bits per heavy atom. The van der Waals surface area contributed by atoms with Crippen molar-refractivity contribution in [2.45, 2.75) is 31.1 Å². The van der Waals surface area contributed by atoms with Crippen LogP contribution in [0.3, 0.4) is 0 Å². The summed E-state index contributed by atoms with van der Waals surface area (Å²) in [4.78, 5) is 2.40. The van der Waals surface area contributed by atoms with E-state index in [9.17, 15) is 8.42 Å². The van der Waals surface area contributed by atoms with Gasteiger partial charge in [0.1, 0.15) is 4.90 Å². The molecule has 1 fully saturated rings. The smallest absolute Gasteiger partial charge is 0.242 e. The Morgan fingerprint density at radius 3 is 2.67 bits per heavy atom. The number of nitrogens with two attached hydrogens (primary N) is 1. The number of nitrogens with one attached hydrogen (secondary N) is 1. The fourth-order valence-corrected chi connectivity index (χ4v) is 4.16. The van der Waals surface area contributed by atoms with Gasteiger partial charge in [-0.3, -0.25) is 0 Å². The van der Waals surface area contributed by atoms with E-state index in [-0.39, 0.29) is 9.92 Å². The normalized spacial score (nSPS) is 16.5. The number of rotatable bonds is 6. The van der Waals surface area contributed by atoms with Gasteiger partial charge in [-0.15, -0.1) is 0 Å². The van der Waals surface area contributed by atoms with Gasteiger partial charge in [-0.1, -0.05) is 11.6 Å². The van der Waals surface area contributed by atoms with Crippen LogP contribution in [0.15, 0.2) is 17.0 Å². The van der Waals surface area contributed by atoms with Crippen molar-refractivity contribution in [2.24, 2.45) is 0 Å². The second-order valence-electron chi connectivity index (χ2n) is 5.44. The van der Waals surface area contributed by atoms with Crippen molar-refractivity contribution < 1.29 is 8.42 Å². The van der Waals surface area contributed by atoms with Crippen LogP contribution in [0.5, 0.6) is 0 Å². The second kappa shape index (κ2) is 6.96. The Labute approximate surface area is 131 Å². The summed E-state index contributed by atoms with van der Waals surface area (Å²) in [5.74, 6) is 0. The van der Waals surface area contributed by atoms with Gasteiger partial charge in [0.15, 0.2) is 0 Å². The van der Waals surface area contributed by atoms with Crippen LogP contribution < -0.4 is 10.5 Å². The molecule has 0 aromatic heterocycles. The Balaban J connectivity index is 1.93. The van der Waals surface area contributed by atoms with Gasteiger partial charge >= 0.3 is 0 Å². The summed E-state index contributed by atoms with van der Waals surface area (Å²) in [6, 6.07) is 3.00. The molecule has 1 aliphatic heterocycles. The van der Waals surface area contributed by atoms with Crippen molar-refractivity contribution in [1.29, 1.82) is 0 Å². The molecule has 0 spiro atoms. The first-order valence-corrected chi connectivity index (χ1v) is 9.04. The lowest BCUT2D eigenvalue weighted by molar-refractivity contribution is 0.334. The fourth-order valence-electron chi connectivity index (χ4n) is 2.47. The number of sulfonamides is 1. The number of nitrogens with zero attached hydrogens (tertiary/aromatic N) is 1. The zero-order valence-electron chi connectivity index (χ0n) is 12.2. The van der Waals surface area contributed by atoms with E-state index in [4.69, 9.17) is 17.3 Å². The third-order valence-electron chi connectivity index (χ3n) is 3.75. The first-order chi connectivity index (χ1) is 9.90. The molecule has 1 heterocycles. The summed E-state index contributed by atoms with van der Waals surface area (Å²) < 4.78 is 27.1. The fraction of sp³-hybridized carbons (Fsp3) is 0.571. The van der Waals surface area contributed by atoms with Crippen LogP contribution in [-0.2, 0) is 10.0 Å². The van der Waals surface area contributed by atoms with E-state index in [1.807, 2.05) is 0 Å². The predicted molar refractivity (Wildman–Crippen MR) is 86.1 cm³/mol. The molecular weight excluding hydrogens is 310 g/mol. The minimum Gasteiger partial charge on any atom is -0.398 e. The maximum absolute atomic E-state index is 12.2. The van der Waals surface area contributed by atoms with Gasteiger partial charge in [0, 0.05) is 12.2 Å². The van der Waals surface area contributed by atoms with Gasteiger partial charge in [0.05, 0.1) is 5.02 Å². The van der Waals surface area contributed by atoms with Gasteiger partial charge in [0.25, 0.3) is 0 Å². The molecule has 7 heteroatoms. The molecule has 1 saturated heterocycles. The molecule has 0 amide bonds. The van der Waals surface area contributed by atoms with E-state index in [0.717, 1.165) is 31.6 Å². The van der Waals surface area contributed by atoms with E-state index in [0.29, 0.717) is 12.2 Å². The van der Waals surface area contributed by atoms with E-state index < -0.39 is 10.0 Å². The number of nitrogen functional groups attached to an aromatic ring is 1. The van der Waals surface area contributed by atoms with Crippen LogP contribution in [0.25, 0.3) is 0 Å². The summed E-state index contributed by atoms with van der Waals surface area (Å²) in [7, 11) is -3.61. The zero-order valence-corrected chi connectivity index (χ0v) is 13.8. The molecule has 0 aliphatic carbocycles. The van der Waals surface area contributed by atoms with Crippen LogP contribution in [0.4, 0.5) is 5.69 Å². The third-order valence-corrected chi connectivity index (χ3v) is 5.68. The third kappa shape index (κ3) is 4.32. The number of aryl methyl sites for hydroxylation is 1. The molecular formula is C14H22ClN3O2S. The van der Waals surface area contributed by atoms with Crippen LogP contribution in [0, 0.1) is 6.92 Å². The van der Waals surface area contributed by atoms with E-state index in [2.05, 4.69) is 9.62 Å². The molecule has 0 radical (unpaired) electrons. The van der Waals surface area contributed by atoms with Crippen LogP contribution in [0.2, 0.25) is 5.02 Å². The molecule has 3 N–H and O–H groups in total. The molecule has 1 aromatic rings. The molecule has 1 aromatic carbocycles. The molecule has 0 atom stereocenters. The second-order valence-corrected chi connectivity index (χ2v) is 7.58. The largest absolute Gasteiger partial charge is 0.398 e. The molecule has 21 heavy (non-hydrogen) atoms. The van der Waals surface area contributed by atoms with Crippen LogP contribution in [-0.4, -0.2) is 39.5 Å². The molecule has 0 unspecified atom stereocenters. The average Bonchev–Trinajstić information content (AvgIpc) is 2.92. The topological polar surface area (TPSA) is 75.4 Å². The summed E-state index contributed by atoms with van der Waals surface area (Å²) in [5, 5.41) is 0.203. The van der Waals surface area contributed by atoms with Gasteiger partial charge in [0.2, 0.25) is 10.0 Å². The quantitative estimate of drug-likeness (QED) is 0.617. The molecule has 2 rings (SSSR count). The average molecular weight is 332 g/mol. The lowest BCUT2D eigenvalue weighted by Crippen LogP contribution is -2.29. The van der Waals surface area contributed by atoms with Crippen molar-refractivity contribution in [1.82, 2.24) is 9.62 Å². The number of likely N-dealkylation sites (tertiary alicyclic amines) is 1. The minimum atomic E-state index is -3.61. The Kier molecular flexibility index (Phi) is 5.48. The summed E-state index contributed by atoms with van der Waals surface area (Å²) in [5.41, 5.74) is 6.97. The Bertz CT molecular complexity index is 598. The Morgan fingerprint density at radius 1 is 1.33 bits per heavy atom. The van der Waals surface area contributed by atoms with Gasteiger partial charge < -0.3 is 10.6 Å². The lowest BCUT2D eigenvalue weighted by atomic mass is 10.2. The summed E-state index contributed by atoms with van der Waals surface area (Å²) in [6.07, 6.45) is 3.27. The number of benzene rings is 1. The van der Waals surface area contributed by atoms with Crippen molar-refractivity contribution >= 4 is 27.3 Å². The van der Waals surface area contributed by atoms with Crippen molar-refractivity contribution in [3.05, 3.63) is 22.7 Å². The molecule has 0 bridgehead atoms. The highest BCUT2D eigenvalue weighted by molar-refractivity contribution is 7.89. The SMILES string of the molecule is Cc1cc(Cl)c(S(=O)(=O)NCCCN2CCCC2)cc1N. The number of hydrogen-bond acceptors (Lipinski definition) is 4. The van der Waals surface area contributed by atoms with E-state index in [1.54, 1.807) is 13.0 Å². The maximum Gasteiger partial charge on any atom is 0.242 e. The summed E-state index contributed by atoms with van der Waals surface area (Å²) in [6.45, 7) is 5.36. The predicted octanol–water partition coefficient (Wildman–Crippen LogP) is 1.99. The lowest BCUT2D eigenvalue weighted by Gasteiger charge is -2.15. The van der Waals surface area contributed by atoms with Gasteiger partial charge in [-0.05, 0) is 63.5 Å². The van der Waals surface area contributed by atoms with Crippen LogP contribution >= 0.6 is 11.6 Å². The maximum atomic E-state index is 12.2. The minimum absolute atomic E-state index is 0.0495. The van der Waals surface area contributed by atoms with Gasteiger partial charge in [-0.2, -0.15) is 0 Å². The number of hydrogen-bond donors (Lipinski definition) is 2. The monoisotopic (exact) mass is 331 g/mol. The van der Waals surface area contributed by atoms with Gasteiger partial charge in [-0.25, -0.2) is 13.1 Å². The zero-order chi connectivity index (χ0) is 15.5. The highest BCUT2D eigenvalue weighted by Crippen LogP contribution is 2.26. The first kappa shape index (κ1) is 16.5. The molecule has 118 valence electrons. The van der Waals surface area contributed by atoms with Crippen molar-refractivity contribution in [3.8, 4) is 0 Å². The standard InChI is InChI=1S/C14H22ClN3O2S/c1-11-9-12(15)14(10-13(11)16)21(19,20)17-5-4-8-18-6-2-3-7-18/h9-10,17H,2-8,16H2,1H3. The van der Waals surface area contributed by atoms with Crippen molar-refractivity contribution in [2.75, 3.05) is 31.9 Å². The highest BCUT2D eigenvalue weighted by atomic mass is 35.5. The number of halogens is 1. The van der Waals surface area contributed by atoms with Crippen molar-refractivity contribution in [3.63, 3.8) is 0 Å². The molecule has 0 saturated carbocycles. The number of anilines is 1. The van der Waals surface area contributed by atoms with E-state index in [1.165, 1.54) is 18.9 Å². The first-order valence-electron chi connectivity index (χ1n) is 7.18. The molecule has 5 nitrogen and oxygen atoms in total. The highest BCUT2D eigenvalue weighted by Gasteiger charge is 2.19. The van der Waals surface area contributed by atoms with Crippen LogP contribution in [0.1, 0.15) is 24.8 Å². The molecule has 1 aliphatic rings.